The van der Waals surface area contributed by atoms with Crippen LogP contribution in [0.1, 0.15) is 49.3 Å². The third kappa shape index (κ3) is 8.39. The van der Waals surface area contributed by atoms with Crippen molar-refractivity contribution in [2.75, 3.05) is 26.9 Å². The second kappa shape index (κ2) is 12.8. The Bertz CT molecular complexity index is 1250. The molecule has 0 saturated heterocycles. The van der Waals surface area contributed by atoms with Crippen molar-refractivity contribution in [3.63, 3.8) is 0 Å². The number of aromatic nitrogens is 2. The van der Waals surface area contributed by atoms with Crippen LogP contribution in [0, 0.1) is 5.41 Å². The van der Waals surface area contributed by atoms with Crippen molar-refractivity contribution in [1.29, 1.82) is 0 Å². The third-order valence-electron chi connectivity index (χ3n) is 6.67. The fourth-order valence-electron chi connectivity index (χ4n) is 4.17. The van der Waals surface area contributed by atoms with Gasteiger partial charge < -0.3 is 0 Å². The van der Waals surface area contributed by atoms with Crippen molar-refractivity contribution < 1.29 is 32.2 Å². The van der Waals surface area contributed by atoms with E-state index in [0.717, 1.165) is 35.4 Å². The fourth-order valence-corrected chi connectivity index (χ4v) is 4.93. The SMILES string of the molecule is CCc1cc(OCC(C)(C)C(=O)OC)ccc1C1=NCC(c2nc(C(F)(F)F)cn2COCC[Si](C)(C)C)C=B1. The first-order chi connectivity index (χ1) is 18.6. The number of nitrogens with zero attached hydrogens (tertiary/aromatic N) is 3. The van der Waals surface area contributed by atoms with Crippen molar-refractivity contribution >= 4 is 32.5 Å². The summed E-state index contributed by atoms with van der Waals surface area (Å²) in [4.78, 5) is 20.6. The van der Waals surface area contributed by atoms with Crippen molar-refractivity contribution in [3.8, 4) is 5.75 Å². The van der Waals surface area contributed by atoms with Gasteiger partial charge in [0.05, 0.1) is 0 Å². The predicted octanol–water partition coefficient (Wildman–Crippen LogP) is 5.41. The maximum atomic E-state index is 13.5. The summed E-state index contributed by atoms with van der Waals surface area (Å²) < 4.78 is 58.3. The van der Waals surface area contributed by atoms with Crippen LogP contribution in [0.3, 0.4) is 0 Å². The van der Waals surface area contributed by atoms with E-state index in [1.54, 1.807) is 13.8 Å². The van der Waals surface area contributed by atoms with Crippen LogP contribution in [0.4, 0.5) is 13.2 Å². The number of benzene rings is 1. The minimum absolute atomic E-state index is 0.0119. The Morgan fingerprint density at radius 2 is 1.95 bits per heavy atom. The first-order valence-electron chi connectivity index (χ1n) is 13.4. The van der Waals surface area contributed by atoms with E-state index < -0.39 is 31.3 Å². The molecule has 1 unspecified atom stereocenters. The van der Waals surface area contributed by atoms with Gasteiger partial charge in [-0.25, -0.2) is 0 Å². The van der Waals surface area contributed by atoms with Crippen molar-refractivity contribution in [1.82, 2.24) is 9.55 Å². The number of imidazole rings is 1. The van der Waals surface area contributed by atoms with Crippen molar-refractivity contribution in [2.45, 2.75) is 71.7 Å². The van der Waals surface area contributed by atoms with Gasteiger partial charge in [-0.15, -0.1) is 0 Å². The summed E-state index contributed by atoms with van der Waals surface area (Å²) in [6.45, 7) is 15.0. The first-order valence-corrected chi connectivity index (χ1v) is 17.1. The van der Waals surface area contributed by atoms with Gasteiger partial charge >= 0.3 is 236 Å². The summed E-state index contributed by atoms with van der Waals surface area (Å²) in [5, 5.41) is 0. The Morgan fingerprint density at radius 1 is 1.23 bits per heavy atom. The van der Waals surface area contributed by atoms with E-state index in [1.807, 2.05) is 38.0 Å². The molecule has 3 rings (SSSR count). The molecular weight excluding hydrogens is 538 g/mol. The number of rotatable bonds is 12. The van der Waals surface area contributed by atoms with E-state index >= 15 is 0 Å². The number of ether oxygens (including phenoxy) is 3. The van der Waals surface area contributed by atoms with Crippen LogP contribution in [0.5, 0.6) is 5.75 Å². The number of halogens is 3. The molecule has 40 heavy (non-hydrogen) atoms. The topological polar surface area (TPSA) is 74.9 Å². The molecule has 7 nitrogen and oxygen atoms in total. The quantitative estimate of drug-likeness (QED) is 0.192. The molecule has 0 amide bonds. The zero-order valence-corrected chi connectivity index (χ0v) is 25.4. The van der Waals surface area contributed by atoms with Gasteiger partial charge in [0, 0.05) is 0 Å². The van der Waals surface area contributed by atoms with Crippen LogP contribution in [-0.4, -0.2) is 69.0 Å². The second-order valence-electron chi connectivity index (χ2n) is 11.8. The van der Waals surface area contributed by atoms with Crippen LogP contribution in [0.15, 0.2) is 29.4 Å². The summed E-state index contributed by atoms with van der Waals surface area (Å²) in [6, 6.07) is 6.58. The van der Waals surface area contributed by atoms with Gasteiger partial charge in [0.25, 0.3) is 0 Å². The molecule has 0 spiro atoms. The molecule has 2 aromatic rings. The third-order valence-corrected chi connectivity index (χ3v) is 8.38. The molecule has 1 aliphatic rings. The van der Waals surface area contributed by atoms with E-state index in [4.69, 9.17) is 19.2 Å². The van der Waals surface area contributed by atoms with Crippen LogP contribution in [0.2, 0.25) is 25.7 Å². The van der Waals surface area contributed by atoms with E-state index in [1.165, 1.54) is 11.7 Å². The van der Waals surface area contributed by atoms with Crippen LogP contribution in [0.25, 0.3) is 0 Å². The number of carbonyl (C=O) groups is 1. The number of aliphatic imine (C=N–C) groups is 1. The maximum absolute atomic E-state index is 13.5. The zero-order chi connectivity index (χ0) is 29.7. The molecule has 0 N–H and O–H groups in total. The Kier molecular flexibility index (Phi) is 10.2. The summed E-state index contributed by atoms with van der Waals surface area (Å²) >= 11 is 0. The zero-order valence-electron chi connectivity index (χ0n) is 24.4. The monoisotopic (exact) mass is 577 g/mol. The van der Waals surface area contributed by atoms with Crippen LogP contribution < -0.4 is 4.74 Å². The summed E-state index contributed by atoms with van der Waals surface area (Å²) in [6.07, 6.45) is -2.80. The molecule has 218 valence electrons. The molecule has 0 radical (unpaired) electrons. The van der Waals surface area contributed by atoms with E-state index in [9.17, 15) is 18.0 Å². The molecule has 1 aliphatic heterocycles. The van der Waals surface area contributed by atoms with Gasteiger partial charge in [-0.05, 0) is 0 Å². The molecule has 1 aromatic carbocycles. The summed E-state index contributed by atoms with van der Waals surface area (Å²) in [7, 11) is 0.0278. The number of esters is 1. The van der Waals surface area contributed by atoms with Gasteiger partial charge in [-0.1, -0.05) is 0 Å². The van der Waals surface area contributed by atoms with E-state index in [0.29, 0.717) is 12.4 Å². The average molecular weight is 578 g/mol. The molecule has 0 saturated carbocycles. The number of hydrogen-bond donors (Lipinski definition) is 0. The van der Waals surface area contributed by atoms with Crippen molar-refractivity contribution in [3.05, 3.63) is 47.0 Å². The number of hydrogen-bond acceptors (Lipinski definition) is 6. The molecule has 0 bridgehead atoms. The molecule has 1 aromatic heterocycles. The van der Waals surface area contributed by atoms with Gasteiger partial charge in [-0.3, -0.25) is 0 Å². The summed E-state index contributed by atoms with van der Waals surface area (Å²) in [5.41, 5.74) is 0.952. The molecule has 12 heteroatoms. The molecule has 0 fully saturated rings. The Balaban J connectivity index is 1.75. The van der Waals surface area contributed by atoms with Crippen LogP contribution in [-0.2, 0) is 33.6 Å². The molecule has 0 aliphatic carbocycles. The van der Waals surface area contributed by atoms with Gasteiger partial charge in [0.2, 0.25) is 0 Å². The average Bonchev–Trinajstić information content (AvgIpc) is 3.34. The summed E-state index contributed by atoms with van der Waals surface area (Å²) in [5.74, 6) is 2.01. The predicted molar refractivity (Wildman–Crippen MR) is 154 cm³/mol. The Hall–Kier alpha value is -2.73. The minimum atomic E-state index is -4.54. The second-order valence-corrected chi connectivity index (χ2v) is 17.4. The standard InChI is InChI=1S/C28H39BF3N3O4Si/c1-8-19-13-21(39-17-27(2,3)26(36)37-4)9-10-22(19)24-29-14-20(15-33-24)25-34-23(28(30,31)32)16-35(25)18-38-11-12-40(5,6)7/h9-10,13-14,16,20H,8,11-12,15,17-18H2,1-7H3. The number of alkyl halides is 3. The fraction of sp³-hybridized carbons (Fsp3) is 0.571. The number of methoxy groups -OCH3 is 1. The molecule has 2 heterocycles. The Labute approximate surface area is 236 Å². The molecular formula is C28H39BF3N3O4Si. The van der Waals surface area contributed by atoms with Gasteiger partial charge in [-0.2, -0.15) is 0 Å². The number of aryl methyl sites for hydroxylation is 1. The van der Waals surface area contributed by atoms with Gasteiger partial charge in [0.1, 0.15) is 0 Å². The van der Waals surface area contributed by atoms with E-state index in [-0.39, 0.29) is 31.7 Å². The van der Waals surface area contributed by atoms with Crippen LogP contribution >= 0.6 is 0 Å². The Morgan fingerprint density at radius 3 is 2.52 bits per heavy atom. The van der Waals surface area contributed by atoms with Gasteiger partial charge in [0.15, 0.2) is 0 Å². The first kappa shape index (κ1) is 31.8. The number of carbonyl (C=O) groups excluding carboxylic acids is 1. The normalized spacial score (nSPS) is 15.9. The molecule has 1 atom stereocenters. The van der Waals surface area contributed by atoms with E-state index in [2.05, 4.69) is 24.6 Å². The van der Waals surface area contributed by atoms with Crippen molar-refractivity contribution in [2.24, 2.45) is 10.4 Å².